The normalized spacial score (nSPS) is 15.7. The minimum absolute atomic E-state index is 0.0833. The lowest BCUT2D eigenvalue weighted by molar-refractivity contribution is -0.141. The monoisotopic (exact) mass is 587 g/mol. The molecule has 2 aromatic carbocycles. The van der Waals surface area contributed by atoms with Crippen LogP contribution in [0.4, 0.5) is 5.69 Å². The van der Waals surface area contributed by atoms with E-state index in [9.17, 15) is 18.0 Å². The SMILES string of the molecule is CC[C@H](C(=O)NC1CCCCC1)N(Cc1ccc(OC)cc1)C(=O)CCCN(c1ccc2c(c1)OCO2)S(C)(=O)=O. The van der Waals surface area contributed by atoms with Crippen LogP contribution in [-0.4, -0.2) is 63.9 Å². The van der Waals surface area contributed by atoms with Gasteiger partial charge in [0.05, 0.1) is 19.1 Å². The summed E-state index contributed by atoms with van der Waals surface area (Å²) >= 11 is 0. The first-order valence-corrected chi connectivity index (χ1v) is 16.1. The number of rotatable bonds is 13. The third-order valence-electron chi connectivity index (χ3n) is 7.65. The number of ether oxygens (including phenoxy) is 3. The zero-order chi connectivity index (χ0) is 29.4. The standard InChI is InChI=1S/C30H41N3O7S/c1-4-26(30(35)31-23-9-6-5-7-10-23)32(20-22-12-15-25(38-2)16-13-22)29(34)11-8-18-33(41(3,36)37)24-14-17-27-28(19-24)40-21-39-27/h12-17,19,23,26H,4-11,18,20-21H2,1-3H3,(H,31,35)/t26-/m1/s1. The number of nitrogens with zero attached hydrogens (tertiary/aromatic N) is 2. The molecule has 0 aromatic heterocycles. The largest absolute Gasteiger partial charge is 0.497 e. The van der Waals surface area contributed by atoms with Crippen molar-refractivity contribution in [3.05, 3.63) is 48.0 Å². The molecule has 0 saturated heterocycles. The third kappa shape index (κ3) is 8.06. The van der Waals surface area contributed by atoms with E-state index in [0.29, 0.717) is 29.4 Å². The quantitative estimate of drug-likeness (QED) is 0.373. The molecule has 2 aromatic rings. The van der Waals surface area contributed by atoms with Crippen LogP contribution in [0.3, 0.4) is 0 Å². The Hall–Kier alpha value is -3.47. The van der Waals surface area contributed by atoms with Crippen molar-refractivity contribution in [3.63, 3.8) is 0 Å². The van der Waals surface area contributed by atoms with Gasteiger partial charge in [-0.1, -0.05) is 38.3 Å². The molecular weight excluding hydrogens is 546 g/mol. The van der Waals surface area contributed by atoms with Gasteiger partial charge in [-0.05, 0) is 55.5 Å². The number of carbonyl (C=O) groups excluding carboxylic acids is 2. The van der Waals surface area contributed by atoms with E-state index in [-0.39, 0.29) is 50.6 Å². The number of fused-ring (bicyclic) bond motifs is 1. The highest BCUT2D eigenvalue weighted by Crippen LogP contribution is 2.36. The Morgan fingerprint density at radius 2 is 1.76 bits per heavy atom. The van der Waals surface area contributed by atoms with Gasteiger partial charge in [-0.25, -0.2) is 8.42 Å². The molecule has 1 aliphatic heterocycles. The van der Waals surface area contributed by atoms with E-state index in [1.165, 1.54) is 10.7 Å². The minimum Gasteiger partial charge on any atom is -0.497 e. The highest BCUT2D eigenvalue weighted by Gasteiger charge is 2.30. The maximum absolute atomic E-state index is 13.7. The van der Waals surface area contributed by atoms with Crippen molar-refractivity contribution in [2.24, 2.45) is 0 Å². The number of sulfonamides is 1. The number of methoxy groups -OCH3 is 1. The van der Waals surface area contributed by atoms with Crippen LogP contribution in [0.1, 0.15) is 63.9 Å². The molecule has 41 heavy (non-hydrogen) atoms. The molecule has 0 unspecified atom stereocenters. The first kappa shape index (κ1) is 30.5. The van der Waals surface area contributed by atoms with Crippen LogP contribution in [0.2, 0.25) is 0 Å². The molecule has 1 atom stereocenters. The van der Waals surface area contributed by atoms with Crippen LogP contribution in [0, 0.1) is 0 Å². The van der Waals surface area contributed by atoms with Gasteiger partial charge in [0.25, 0.3) is 0 Å². The van der Waals surface area contributed by atoms with Crippen molar-refractivity contribution in [2.45, 2.75) is 76.9 Å². The topological polar surface area (TPSA) is 114 Å². The highest BCUT2D eigenvalue weighted by atomic mass is 32.2. The molecule has 1 N–H and O–H groups in total. The molecule has 0 spiro atoms. The third-order valence-corrected chi connectivity index (χ3v) is 8.84. The van der Waals surface area contributed by atoms with E-state index in [1.807, 2.05) is 31.2 Å². The van der Waals surface area contributed by atoms with E-state index in [0.717, 1.165) is 37.5 Å². The summed E-state index contributed by atoms with van der Waals surface area (Å²) in [5.74, 6) is 1.40. The van der Waals surface area contributed by atoms with E-state index in [2.05, 4.69) is 5.32 Å². The number of hydrogen-bond donors (Lipinski definition) is 1. The number of nitrogens with one attached hydrogen (secondary N) is 1. The van der Waals surface area contributed by atoms with Gasteiger partial charge in [-0.15, -0.1) is 0 Å². The van der Waals surface area contributed by atoms with Crippen LogP contribution in [-0.2, 0) is 26.2 Å². The van der Waals surface area contributed by atoms with E-state index >= 15 is 0 Å². The number of benzene rings is 2. The maximum atomic E-state index is 13.7. The fraction of sp³-hybridized carbons (Fsp3) is 0.533. The summed E-state index contributed by atoms with van der Waals surface area (Å²) in [6.45, 7) is 2.36. The lowest BCUT2D eigenvalue weighted by Gasteiger charge is -2.33. The molecule has 1 fully saturated rings. The first-order valence-electron chi connectivity index (χ1n) is 14.3. The minimum atomic E-state index is -3.62. The Morgan fingerprint density at radius 1 is 1.05 bits per heavy atom. The van der Waals surface area contributed by atoms with Gasteiger partial charge in [0, 0.05) is 31.6 Å². The summed E-state index contributed by atoms with van der Waals surface area (Å²) in [6.07, 6.45) is 7.24. The molecule has 1 aliphatic carbocycles. The molecular formula is C30H41N3O7S. The van der Waals surface area contributed by atoms with Gasteiger partial charge in [0.1, 0.15) is 11.8 Å². The van der Waals surface area contributed by atoms with Gasteiger partial charge in [-0.3, -0.25) is 13.9 Å². The van der Waals surface area contributed by atoms with Gasteiger partial charge in [0.15, 0.2) is 11.5 Å². The number of amides is 2. The lowest BCUT2D eigenvalue weighted by atomic mass is 9.95. The molecule has 0 radical (unpaired) electrons. The first-order chi connectivity index (χ1) is 19.7. The molecule has 2 amide bonds. The average molecular weight is 588 g/mol. The fourth-order valence-electron chi connectivity index (χ4n) is 5.44. The summed E-state index contributed by atoms with van der Waals surface area (Å²) in [4.78, 5) is 28.8. The molecule has 4 rings (SSSR count). The predicted octanol–water partition coefficient (Wildman–Crippen LogP) is 4.23. The summed E-state index contributed by atoms with van der Waals surface area (Å²) in [6, 6.07) is 11.9. The molecule has 11 heteroatoms. The predicted molar refractivity (Wildman–Crippen MR) is 157 cm³/mol. The zero-order valence-electron chi connectivity index (χ0n) is 24.1. The van der Waals surface area contributed by atoms with Gasteiger partial charge in [-0.2, -0.15) is 0 Å². The Balaban J connectivity index is 1.48. The fourth-order valence-corrected chi connectivity index (χ4v) is 6.39. The Labute approximate surface area is 243 Å². The second-order valence-electron chi connectivity index (χ2n) is 10.6. The highest BCUT2D eigenvalue weighted by molar-refractivity contribution is 7.92. The van der Waals surface area contributed by atoms with E-state index < -0.39 is 16.1 Å². The number of hydrogen-bond acceptors (Lipinski definition) is 7. The maximum Gasteiger partial charge on any atom is 0.243 e. The van der Waals surface area contributed by atoms with Crippen LogP contribution in [0.15, 0.2) is 42.5 Å². The molecule has 10 nitrogen and oxygen atoms in total. The molecule has 0 bridgehead atoms. The summed E-state index contributed by atoms with van der Waals surface area (Å²) in [5, 5.41) is 3.18. The van der Waals surface area contributed by atoms with Crippen molar-refractivity contribution in [2.75, 3.05) is 31.0 Å². The average Bonchev–Trinajstić information content (AvgIpc) is 3.43. The van der Waals surface area contributed by atoms with Crippen molar-refractivity contribution in [1.82, 2.24) is 10.2 Å². The van der Waals surface area contributed by atoms with Crippen LogP contribution >= 0.6 is 0 Å². The summed E-state index contributed by atoms with van der Waals surface area (Å²) < 4.78 is 42.6. The Morgan fingerprint density at radius 3 is 2.41 bits per heavy atom. The smallest absolute Gasteiger partial charge is 0.243 e. The second kappa shape index (κ2) is 13.9. The van der Waals surface area contributed by atoms with Gasteiger partial charge < -0.3 is 24.4 Å². The van der Waals surface area contributed by atoms with Crippen molar-refractivity contribution < 1.29 is 32.2 Å². The van der Waals surface area contributed by atoms with Crippen molar-refractivity contribution >= 4 is 27.5 Å². The van der Waals surface area contributed by atoms with Crippen molar-refractivity contribution in [1.29, 1.82) is 0 Å². The molecule has 224 valence electrons. The van der Waals surface area contributed by atoms with Gasteiger partial charge >= 0.3 is 0 Å². The van der Waals surface area contributed by atoms with Crippen LogP contribution < -0.4 is 23.8 Å². The summed E-state index contributed by atoms with van der Waals surface area (Å²) in [5.41, 5.74) is 1.32. The molecule has 1 saturated carbocycles. The van der Waals surface area contributed by atoms with Crippen LogP contribution in [0.5, 0.6) is 17.2 Å². The Kier molecular flexibility index (Phi) is 10.4. The number of anilines is 1. The van der Waals surface area contributed by atoms with E-state index in [4.69, 9.17) is 14.2 Å². The van der Waals surface area contributed by atoms with Crippen molar-refractivity contribution in [3.8, 4) is 17.2 Å². The summed E-state index contributed by atoms with van der Waals surface area (Å²) in [7, 11) is -2.03. The van der Waals surface area contributed by atoms with Gasteiger partial charge in [0.2, 0.25) is 28.6 Å². The zero-order valence-corrected chi connectivity index (χ0v) is 25.0. The molecule has 1 heterocycles. The van der Waals surface area contributed by atoms with E-state index in [1.54, 1.807) is 30.2 Å². The molecule has 2 aliphatic rings. The lowest BCUT2D eigenvalue weighted by Crippen LogP contribution is -2.51. The second-order valence-corrected chi connectivity index (χ2v) is 12.5. The Bertz CT molecular complexity index is 1290. The van der Waals surface area contributed by atoms with Crippen LogP contribution in [0.25, 0.3) is 0 Å². The number of carbonyl (C=O) groups is 2.